The first-order chi connectivity index (χ1) is 11.6. The summed E-state index contributed by atoms with van der Waals surface area (Å²) in [5.74, 6) is 0.0749. The molecule has 1 N–H and O–H groups in total. The second kappa shape index (κ2) is 16.8. The molecule has 0 saturated carbocycles. The van der Waals surface area contributed by atoms with Crippen LogP contribution in [0.25, 0.3) is 0 Å². The highest BCUT2D eigenvalue weighted by Gasteiger charge is 2.04. The predicted octanol–water partition coefficient (Wildman–Crippen LogP) is 5.73. The molecule has 0 aromatic carbocycles. The van der Waals surface area contributed by atoms with Crippen LogP contribution in [0.15, 0.2) is 0 Å². The van der Waals surface area contributed by atoms with Crippen LogP contribution in [-0.2, 0) is 14.3 Å². The maximum Gasteiger partial charge on any atom is 0.305 e. The molecular formula is C20H38O4. The van der Waals surface area contributed by atoms with E-state index in [9.17, 15) is 9.59 Å². The number of carboxylic acids is 1. The third-order valence-electron chi connectivity index (χ3n) is 4.70. The van der Waals surface area contributed by atoms with Gasteiger partial charge in [-0.1, -0.05) is 71.6 Å². The number of rotatable bonds is 17. The molecule has 0 amide bonds. The van der Waals surface area contributed by atoms with E-state index >= 15 is 0 Å². The van der Waals surface area contributed by atoms with Gasteiger partial charge in [0.15, 0.2) is 0 Å². The summed E-state index contributed by atoms with van der Waals surface area (Å²) in [6, 6.07) is 0. The zero-order chi connectivity index (χ0) is 18.0. The fourth-order valence-electron chi connectivity index (χ4n) is 2.92. The lowest BCUT2D eigenvalue weighted by Gasteiger charge is -2.11. The lowest BCUT2D eigenvalue weighted by atomic mass is 9.96. The summed E-state index contributed by atoms with van der Waals surface area (Å²) in [5.41, 5.74) is 0. The van der Waals surface area contributed by atoms with E-state index in [1.165, 1.54) is 25.7 Å². The number of carbonyl (C=O) groups is 2. The van der Waals surface area contributed by atoms with Gasteiger partial charge in [0, 0.05) is 12.8 Å². The Morgan fingerprint density at radius 2 is 1.33 bits per heavy atom. The number of esters is 1. The van der Waals surface area contributed by atoms with E-state index in [2.05, 4.69) is 13.8 Å². The van der Waals surface area contributed by atoms with E-state index in [4.69, 9.17) is 9.84 Å². The normalized spacial score (nSPS) is 11.0. The number of unbranched alkanes of at least 4 members (excludes halogenated alkanes) is 7. The van der Waals surface area contributed by atoms with Gasteiger partial charge in [-0.3, -0.25) is 9.59 Å². The predicted molar refractivity (Wildman–Crippen MR) is 98.1 cm³/mol. The van der Waals surface area contributed by atoms with E-state index < -0.39 is 5.97 Å². The molecule has 0 radical (unpaired) electrons. The maximum atomic E-state index is 11.6. The molecule has 24 heavy (non-hydrogen) atoms. The molecule has 4 heteroatoms. The highest BCUT2D eigenvalue weighted by atomic mass is 16.5. The Morgan fingerprint density at radius 1 is 0.792 bits per heavy atom. The summed E-state index contributed by atoms with van der Waals surface area (Å²) in [7, 11) is 0. The molecule has 142 valence electrons. The van der Waals surface area contributed by atoms with Crippen molar-refractivity contribution >= 4 is 11.9 Å². The van der Waals surface area contributed by atoms with Crippen LogP contribution in [0.1, 0.15) is 104 Å². The van der Waals surface area contributed by atoms with Crippen molar-refractivity contribution in [2.75, 3.05) is 6.61 Å². The number of carboxylic acid groups (broad SMARTS) is 1. The molecule has 0 fully saturated rings. The molecule has 4 nitrogen and oxygen atoms in total. The number of hydrogen-bond donors (Lipinski definition) is 1. The summed E-state index contributed by atoms with van der Waals surface area (Å²) in [4.78, 5) is 22.0. The van der Waals surface area contributed by atoms with Crippen molar-refractivity contribution in [2.45, 2.75) is 104 Å². The summed E-state index contributed by atoms with van der Waals surface area (Å²) >= 11 is 0. The van der Waals surface area contributed by atoms with Crippen molar-refractivity contribution in [1.82, 2.24) is 0 Å². The molecule has 0 aliphatic heterocycles. The van der Waals surface area contributed by atoms with Crippen LogP contribution in [0.5, 0.6) is 0 Å². The number of aliphatic carboxylic acids is 1. The second-order valence-corrected chi connectivity index (χ2v) is 6.77. The summed E-state index contributed by atoms with van der Waals surface area (Å²) in [6.45, 7) is 5.08. The third-order valence-corrected chi connectivity index (χ3v) is 4.70. The largest absolute Gasteiger partial charge is 0.481 e. The van der Waals surface area contributed by atoms with Gasteiger partial charge in [0.1, 0.15) is 0 Å². The minimum Gasteiger partial charge on any atom is -0.481 e. The van der Waals surface area contributed by atoms with Crippen LogP contribution in [0, 0.1) is 5.92 Å². The number of carbonyl (C=O) groups excluding carboxylic acids is 1. The Labute approximate surface area is 148 Å². The van der Waals surface area contributed by atoms with Crippen molar-refractivity contribution < 1.29 is 19.4 Å². The first-order valence-electron chi connectivity index (χ1n) is 9.97. The molecule has 0 rings (SSSR count). The average molecular weight is 343 g/mol. The smallest absolute Gasteiger partial charge is 0.305 e. The zero-order valence-electron chi connectivity index (χ0n) is 15.9. The topological polar surface area (TPSA) is 63.6 Å². The van der Waals surface area contributed by atoms with Gasteiger partial charge in [-0.2, -0.15) is 0 Å². The van der Waals surface area contributed by atoms with Crippen LogP contribution in [0.2, 0.25) is 0 Å². The van der Waals surface area contributed by atoms with E-state index in [0.717, 1.165) is 57.3 Å². The maximum absolute atomic E-state index is 11.6. The second-order valence-electron chi connectivity index (χ2n) is 6.77. The molecular weight excluding hydrogens is 304 g/mol. The van der Waals surface area contributed by atoms with Gasteiger partial charge in [-0.15, -0.1) is 0 Å². The van der Waals surface area contributed by atoms with Gasteiger partial charge < -0.3 is 9.84 Å². The van der Waals surface area contributed by atoms with E-state index in [0.29, 0.717) is 13.0 Å². The summed E-state index contributed by atoms with van der Waals surface area (Å²) in [5, 5.41) is 8.53. The highest BCUT2D eigenvalue weighted by molar-refractivity contribution is 5.69. The van der Waals surface area contributed by atoms with Crippen molar-refractivity contribution in [1.29, 1.82) is 0 Å². The zero-order valence-corrected chi connectivity index (χ0v) is 15.9. The molecule has 0 spiro atoms. The van der Waals surface area contributed by atoms with E-state index in [-0.39, 0.29) is 12.4 Å². The van der Waals surface area contributed by atoms with Crippen LogP contribution >= 0.6 is 0 Å². The van der Waals surface area contributed by atoms with Gasteiger partial charge in [0.2, 0.25) is 0 Å². The lowest BCUT2D eigenvalue weighted by Crippen LogP contribution is -2.06. The molecule has 0 heterocycles. The fraction of sp³-hybridized carbons (Fsp3) is 0.900. The third kappa shape index (κ3) is 15.8. The molecule has 0 atom stereocenters. The van der Waals surface area contributed by atoms with Gasteiger partial charge in [-0.05, 0) is 25.2 Å². The lowest BCUT2D eigenvalue weighted by molar-refractivity contribution is -0.144. The summed E-state index contributed by atoms with van der Waals surface area (Å²) in [6.07, 6.45) is 13.8. The molecule has 0 saturated heterocycles. The van der Waals surface area contributed by atoms with Gasteiger partial charge in [0.25, 0.3) is 0 Å². The molecule has 0 aliphatic carbocycles. The molecule has 0 aromatic rings. The Kier molecular flexibility index (Phi) is 16.0. The van der Waals surface area contributed by atoms with Crippen LogP contribution in [0.3, 0.4) is 0 Å². The number of ether oxygens (including phenoxy) is 1. The monoisotopic (exact) mass is 342 g/mol. The van der Waals surface area contributed by atoms with Crippen molar-refractivity contribution in [3.05, 3.63) is 0 Å². The Bertz CT molecular complexity index is 311. The molecule has 0 bridgehead atoms. The van der Waals surface area contributed by atoms with Crippen LogP contribution in [0.4, 0.5) is 0 Å². The van der Waals surface area contributed by atoms with Crippen molar-refractivity contribution in [3.63, 3.8) is 0 Å². The van der Waals surface area contributed by atoms with Gasteiger partial charge >= 0.3 is 11.9 Å². The SMILES string of the molecule is CCC(CC)CCCCCOC(=O)CCCCCCCCC(=O)O. The van der Waals surface area contributed by atoms with Crippen molar-refractivity contribution in [2.24, 2.45) is 5.92 Å². The average Bonchev–Trinajstić information content (AvgIpc) is 2.56. The van der Waals surface area contributed by atoms with Crippen molar-refractivity contribution in [3.8, 4) is 0 Å². The molecule has 0 unspecified atom stereocenters. The van der Waals surface area contributed by atoms with Crippen LogP contribution in [-0.4, -0.2) is 23.7 Å². The van der Waals surface area contributed by atoms with E-state index in [1.807, 2.05) is 0 Å². The minimum absolute atomic E-state index is 0.0686. The standard InChI is InChI=1S/C20H38O4/c1-3-18(4-2)14-10-9-13-17-24-20(23)16-12-8-6-5-7-11-15-19(21)22/h18H,3-17H2,1-2H3,(H,21,22). The van der Waals surface area contributed by atoms with Crippen LogP contribution < -0.4 is 0 Å². The first kappa shape index (κ1) is 22.9. The molecule has 0 aliphatic rings. The number of hydrogen-bond acceptors (Lipinski definition) is 3. The summed E-state index contributed by atoms with van der Waals surface area (Å²) < 4.78 is 5.27. The Balaban J connectivity index is 3.28. The molecule has 0 aromatic heterocycles. The minimum atomic E-state index is -0.715. The first-order valence-corrected chi connectivity index (χ1v) is 9.97. The van der Waals surface area contributed by atoms with Gasteiger partial charge in [0.05, 0.1) is 6.61 Å². The van der Waals surface area contributed by atoms with Gasteiger partial charge in [-0.25, -0.2) is 0 Å². The Morgan fingerprint density at radius 3 is 1.92 bits per heavy atom. The highest BCUT2D eigenvalue weighted by Crippen LogP contribution is 2.16. The van der Waals surface area contributed by atoms with E-state index in [1.54, 1.807) is 0 Å². The quantitative estimate of drug-likeness (QED) is 0.271. The Hall–Kier alpha value is -1.06. The fourth-order valence-corrected chi connectivity index (χ4v) is 2.92.